The van der Waals surface area contributed by atoms with Crippen molar-refractivity contribution >= 4 is 5.97 Å². The number of hydrogen-bond donors (Lipinski definition) is 1. The highest BCUT2D eigenvalue weighted by Gasteiger charge is 2.07. The average Bonchev–Trinajstić information content (AvgIpc) is 2.25. The number of carbonyl (C=O) groups is 1. The van der Waals surface area contributed by atoms with E-state index in [-0.39, 0.29) is 12.1 Å². The Hall–Kier alpha value is -2.20. The number of hydrogen-bond acceptors (Lipinski definition) is 3. The molecule has 6 heteroatoms. The summed E-state index contributed by atoms with van der Waals surface area (Å²) in [5, 5.41) is 12.1. The van der Waals surface area contributed by atoms with Gasteiger partial charge in [-0.3, -0.25) is 0 Å². The summed E-state index contributed by atoms with van der Waals surface area (Å²) in [7, 11) is 1.43. The van der Waals surface area contributed by atoms with Crippen LogP contribution in [-0.2, 0) is 6.54 Å². The van der Waals surface area contributed by atoms with Gasteiger partial charge in [-0.15, -0.1) is 0 Å². The van der Waals surface area contributed by atoms with Crippen molar-refractivity contribution in [2.45, 2.75) is 6.54 Å². The summed E-state index contributed by atoms with van der Waals surface area (Å²) < 4.78 is 4.99. The average molecular weight is 207 g/mol. The van der Waals surface area contributed by atoms with Gasteiger partial charge >= 0.3 is 5.97 Å². The zero-order chi connectivity index (χ0) is 11.3. The van der Waals surface area contributed by atoms with Crippen LogP contribution in [0.2, 0.25) is 0 Å². The minimum absolute atomic E-state index is 0.136. The largest absolute Gasteiger partial charge is 0.496 e. The number of nitrogens with zero attached hydrogens (tertiary/aromatic N) is 3. The smallest absolute Gasteiger partial charge is 0.335 e. The Morgan fingerprint density at radius 1 is 1.67 bits per heavy atom. The van der Waals surface area contributed by atoms with Crippen LogP contribution in [0.25, 0.3) is 10.4 Å². The maximum absolute atomic E-state index is 10.7. The molecule has 0 amide bonds. The maximum Gasteiger partial charge on any atom is 0.335 e. The monoisotopic (exact) mass is 207 g/mol. The van der Waals surface area contributed by atoms with Crippen molar-refractivity contribution in [3.8, 4) is 5.75 Å². The molecule has 0 spiro atoms. The molecule has 6 nitrogen and oxygen atoms in total. The van der Waals surface area contributed by atoms with Crippen LogP contribution in [0.5, 0.6) is 5.75 Å². The van der Waals surface area contributed by atoms with Crippen LogP contribution in [0.1, 0.15) is 15.9 Å². The Labute approximate surface area is 85.7 Å². The van der Waals surface area contributed by atoms with Gasteiger partial charge in [-0.05, 0) is 23.2 Å². The lowest BCUT2D eigenvalue weighted by molar-refractivity contribution is 0.0696. The molecule has 1 aromatic rings. The molecule has 0 saturated carbocycles. The molecule has 1 rings (SSSR count). The molecule has 0 unspecified atom stereocenters. The Bertz CT molecular complexity index is 425. The fourth-order valence-corrected chi connectivity index (χ4v) is 1.12. The summed E-state index contributed by atoms with van der Waals surface area (Å²) >= 11 is 0. The van der Waals surface area contributed by atoms with Gasteiger partial charge in [0.2, 0.25) is 0 Å². The summed E-state index contributed by atoms with van der Waals surface area (Å²) in [6.45, 7) is 0.138. The van der Waals surface area contributed by atoms with Crippen molar-refractivity contribution in [1.29, 1.82) is 0 Å². The van der Waals surface area contributed by atoms with Crippen LogP contribution < -0.4 is 4.74 Å². The van der Waals surface area contributed by atoms with E-state index in [2.05, 4.69) is 10.0 Å². The standard InChI is InChI=1S/C9H9N3O3/c1-15-8-4-6(9(13)14)2-3-7(8)5-11-12-10/h2-4H,5H2,1H3,(H,13,14). The predicted molar refractivity (Wildman–Crippen MR) is 52.8 cm³/mol. The molecule has 0 aliphatic heterocycles. The third-order valence-electron chi connectivity index (χ3n) is 1.84. The van der Waals surface area contributed by atoms with E-state index < -0.39 is 5.97 Å². The number of carboxylic acids is 1. The third kappa shape index (κ3) is 2.62. The number of benzene rings is 1. The summed E-state index contributed by atoms with van der Waals surface area (Å²) in [5.41, 5.74) is 8.95. The zero-order valence-corrected chi connectivity index (χ0v) is 8.04. The highest BCUT2D eigenvalue weighted by molar-refractivity contribution is 5.88. The van der Waals surface area contributed by atoms with E-state index in [1.165, 1.54) is 19.2 Å². The molecule has 15 heavy (non-hydrogen) atoms. The van der Waals surface area contributed by atoms with Crippen LogP contribution in [0.4, 0.5) is 0 Å². The number of rotatable bonds is 4. The van der Waals surface area contributed by atoms with Gasteiger partial charge in [0, 0.05) is 4.91 Å². The van der Waals surface area contributed by atoms with Crippen molar-refractivity contribution in [2.24, 2.45) is 5.11 Å². The molecule has 0 fully saturated rings. The summed E-state index contributed by atoms with van der Waals surface area (Å²) in [6, 6.07) is 4.40. The van der Waals surface area contributed by atoms with E-state index in [0.29, 0.717) is 11.3 Å². The van der Waals surface area contributed by atoms with Crippen molar-refractivity contribution in [1.82, 2.24) is 0 Å². The second-order valence-electron chi connectivity index (χ2n) is 2.72. The number of aromatic carboxylic acids is 1. The van der Waals surface area contributed by atoms with Crippen molar-refractivity contribution in [3.05, 3.63) is 39.8 Å². The molecule has 0 aromatic heterocycles. The van der Waals surface area contributed by atoms with Crippen molar-refractivity contribution in [2.75, 3.05) is 7.11 Å². The molecule has 1 N–H and O–H groups in total. The van der Waals surface area contributed by atoms with Crippen molar-refractivity contribution < 1.29 is 14.6 Å². The minimum Gasteiger partial charge on any atom is -0.496 e. The number of carboxylic acid groups (broad SMARTS) is 1. The molecule has 78 valence electrons. The summed E-state index contributed by atoms with van der Waals surface area (Å²) in [4.78, 5) is 13.3. The Kier molecular flexibility index (Phi) is 3.54. The van der Waals surface area contributed by atoms with Crippen molar-refractivity contribution in [3.63, 3.8) is 0 Å². The van der Waals surface area contributed by atoms with Crippen LogP contribution in [0, 0.1) is 0 Å². The molecule has 0 saturated heterocycles. The Balaban J connectivity index is 3.08. The molecule has 0 atom stereocenters. The Morgan fingerprint density at radius 2 is 2.40 bits per heavy atom. The van der Waals surface area contributed by atoms with Crippen LogP contribution in [-0.4, -0.2) is 18.2 Å². The molecule has 0 radical (unpaired) electrons. The van der Waals surface area contributed by atoms with Gasteiger partial charge in [0.25, 0.3) is 0 Å². The van der Waals surface area contributed by atoms with E-state index in [1.54, 1.807) is 6.07 Å². The fraction of sp³-hybridized carbons (Fsp3) is 0.222. The predicted octanol–water partition coefficient (Wildman–Crippen LogP) is 2.20. The van der Waals surface area contributed by atoms with E-state index in [4.69, 9.17) is 15.4 Å². The molecule has 1 aromatic carbocycles. The summed E-state index contributed by atoms with van der Waals surface area (Å²) in [5.74, 6) is -0.620. The second kappa shape index (κ2) is 4.88. The number of ether oxygens (including phenoxy) is 1. The number of methoxy groups -OCH3 is 1. The van der Waals surface area contributed by atoms with Gasteiger partial charge in [-0.1, -0.05) is 11.2 Å². The highest BCUT2D eigenvalue weighted by atomic mass is 16.5. The van der Waals surface area contributed by atoms with E-state index in [1.807, 2.05) is 0 Å². The topological polar surface area (TPSA) is 95.3 Å². The zero-order valence-electron chi connectivity index (χ0n) is 8.04. The third-order valence-corrected chi connectivity index (χ3v) is 1.84. The van der Waals surface area contributed by atoms with Gasteiger partial charge in [-0.25, -0.2) is 4.79 Å². The second-order valence-corrected chi connectivity index (χ2v) is 2.72. The minimum atomic E-state index is -1.02. The van der Waals surface area contributed by atoms with Gasteiger partial charge in [0.15, 0.2) is 0 Å². The number of azide groups is 1. The molecule has 0 aliphatic carbocycles. The maximum atomic E-state index is 10.7. The first-order chi connectivity index (χ1) is 7.19. The molecule has 0 aliphatic rings. The first kappa shape index (κ1) is 10.9. The van der Waals surface area contributed by atoms with E-state index in [9.17, 15) is 4.79 Å². The SMILES string of the molecule is COc1cc(C(=O)O)ccc1CN=[N+]=[N-]. The first-order valence-electron chi connectivity index (χ1n) is 4.10. The quantitative estimate of drug-likeness (QED) is 0.465. The van der Waals surface area contributed by atoms with Crippen LogP contribution in [0.15, 0.2) is 23.3 Å². The lowest BCUT2D eigenvalue weighted by atomic mass is 10.1. The normalized spacial score (nSPS) is 9.13. The first-order valence-corrected chi connectivity index (χ1v) is 4.10. The lowest BCUT2D eigenvalue weighted by Gasteiger charge is -2.06. The van der Waals surface area contributed by atoms with Gasteiger partial charge in [-0.2, -0.15) is 0 Å². The molecule has 0 heterocycles. The fourth-order valence-electron chi connectivity index (χ4n) is 1.12. The van der Waals surface area contributed by atoms with Gasteiger partial charge in [0.05, 0.1) is 19.2 Å². The van der Waals surface area contributed by atoms with E-state index in [0.717, 1.165) is 0 Å². The van der Waals surface area contributed by atoms with Crippen LogP contribution >= 0.6 is 0 Å². The highest BCUT2D eigenvalue weighted by Crippen LogP contribution is 2.21. The molecular formula is C9H9N3O3. The van der Waals surface area contributed by atoms with E-state index >= 15 is 0 Å². The Morgan fingerprint density at radius 3 is 2.93 bits per heavy atom. The van der Waals surface area contributed by atoms with Crippen LogP contribution in [0.3, 0.4) is 0 Å². The van der Waals surface area contributed by atoms with Gasteiger partial charge in [0.1, 0.15) is 5.75 Å². The molecular weight excluding hydrogens is 198 g/mol. The molecule has 0 bridgehead atoms. The summed E-state index contributed by atoms with van der Waals surface area (Å²) in [6.07, 6.45) is 0. The van der Waals surface area contributed by atoms with Gasteiger partial charge < -0.3 is 9.84 Å². The lowest BCUT2D eigenvalue weighted by Crippen LogP contribution is -1.99.